The number of hydrogen-bond donors (Lipinski definition) is 1. The van der Waals surface area contributed by atoms with E-state index >= 15 is 0 Å². The second-order valence-corrected chi connectivity index (χ2v) is 6.88. The monoisotopic (exact) mass is 340 g/mol. The van der Waals surface area contributed by atoms with E-state index in [1.807, 2.05) is 6.92 Å². The van der Waals surface area contributed by atoms with Gasteiger partial charge >= 0.3 is 0 Å². The molecule has 1 N–H and O–H groups in total. The van der Waals surface area contributed by atoms with Gasteiger partial charge in [0.1, 0.15) is 5.82 Å². The van der Waals surface area contributed by atoms with E-state index in [1.54, 1.807) is 12.1 Å². The number of carbonyl (C=O) groups excluding carboxylic acids is 1. The summed E-state index contributed by atoms with van der Waals surface area (Å²) >= 11 is 6.11. The number of piperidine rings is 1. The molecule has 1 heterocycles. The van der Waals surface area contributed by atoms with Gasteiger partial charge in [-0.1, -0.05) is 31.0 Å². The Labute approximate surface area is 143 Å². The number of likely N-dealkylation sites (tertiary alicyclic amines) is 1. The lowest BCUT2D eigenvalue weighted by molar-refractivity contribution is -0.127. The average molecular weight is 341 g/mol. The Morgan fingerprint density at radius 3 is 3.00 bits per heavy atom. The summed E-state index contributed by atoms with van der Waals surface area (Å²) in [6.45, 7) is 6.15. The Hall–Kier alpha value is -1.13. The fourth-order valence-corrected chi connectivity index (χ4v) is 3.41. The van der Waals surface area contributed by atoms with Crippen LogP contribution in [-0.2, 0) is 11.3 Å². The highest BCUT2D eigenvalue weighted by Gasteiger charge is 2.27. The number of rotatable bonds is 6. The van der Waals surface area contributed by atoms with Crippen LogP contribution in [0, 0.1) is 11.7 Å². The Balaban J connectivity index is 1.94. The molecule has 1 amide bonds. The van der Waals surface area contributed by atoms with Crippen molar-refractivity contribution in [3.8, 4) is 0 Å². The molecule has 1 aliphatic rings. The first-order chi connectivity index (χ1) is 11.0. The zero-order valence-corrected chi connectivity index (χ0v) is 14.7. The van der Waals surface area contributed by atoms with Crippen molar-refractivity contribution in [2.75, 3.05) is 13.1 Å². The molecule has 1 aromatic rings. The van der Waals surface area contributed by atoms with Crippen LogP contribution in [0.15, 0.2) is 18.2 Å². The summed E-state index contributed by atoms with van der Waals surface area (Å²) in [7, 11) is 0. The minimum absolute atomic E-state index is 0.0198. The Morgan fingerprint density at radius 1 is 1.52 bits per heavy atom. The predicted octanol–water partition coefficient (Wildman–Crippen LogP) is 4.00. The molecule has 128 valence electrons. The van der Waals surface area contributed by atoms with Crippen molar-refractivity contribution in [1.29, 1.82) is 0 Å². The summed E-state index contributed by atoms with van der Waals surface area (Å²) in [4.78, 5) is 14.5. The molecule has 23 heavy (non-hydrogen) atoms. The molecule has 1 fully saturated rings. The Bertz CT molecular complexity index is 518. The molecular formula is C18H26ClFN2O. The molecule has 0 radical (unpaired) electrons. The van der Waals surface area contributed by atoms with E-state index in [1.165, 1.54) is 6.07 Å². The van der Waals surface area contributed by atoms with Gasteiger partial charge in [-0.2, -0.15) is 0 Å². The Kier molecular flexibility index (Phi) is 6.85. The third-order valence-electron chi connectivity index (χ3n) is 4.43. The van der Waals surface area contributed by atoms with Crippen LogP contribution in [0.3, 0.4) is 0 Å². The van der Waals surface area contributed by atoms with E-state index in [4.69, 9.17) is 11.6 Å². The molecule has 0 spiro atoms. The highest BCUT2D eigenvalue weighted by Crippen LogP contribution is 2.24. The zero-order valence-electron chi connectivity index (χ0n) is 13.9. The standard InChI is InChI=1S/C18H26ClFN2O/c1-3-6-13(2)21-18(23)14-7-5-10-22(11-14)12-15-16(19)8-4-9-17(15)20/h4,8-9,13-14H,3,5-7,10-12H2,1-2H3,(H,21,23)/t13-,14-/m1/s1. The summed E-state index contributed by atoms with van der Waals surface area (Å²) in [6.07, 6.45) is 3.90. The van der Waals surface area contributed by atoms with Crippen molar-refractivity contribution in [2.45, 2.75) is 52.1 Å². The van der Waals surface area contributed by atoms with Crippen molar-refractivity contribution < 1.29 is 9.18 Å². The second kappa shape index (κ2) is 8.65. The molecule has 0 aromatic heterocycles. The van der Waals surface area contributed by atoms with Crippen LogP contribution in [-0.4, -0.2) is 29.9 Å². The quantitative estimate of drug-likeness (QED) is 0.849. The molecule has 2 atom stereocenters. The highest BCUT2D eigenvalue weighted by atomic mass is 35.5. The molecular weight excluding hydrogens is 315 g/mol. The first-order valence-electron chi connectivity index (χ1n) is 8.46. The van der Waals surface area contributed by atoms with E-state index < -0.39 is 0 Å². The van der Waals surface area contributed by atoms with Gasteiger partial charge in [0.05, 0.1) is 5.92 Å². The average Bonchev–Trinajstić information content (AvgIpc) is 2.51. The predicted molar refractivity (Wildman–Crippen MR) is 91.9 cm³/mol. The molecule has 1 aromatic carbocycles. The van der Waals surface area contributed by atoms with Gasteiger partial charge in [0.2, 0.25) is 5.91 Å². The minimum atomic E-state index is -0.277. The van der Waals surface area contributed by atoms with E-state index in [9.17, 15) is 9.18 Å². The van der Waals surface area contributed by atoms with Gasteiger partial charge in [0.25, 0.3) is 0 Å². The normalized spacial score (nSPS) is 20.3. The topological polar surface area (TPSA) is 32.3 Å². The van der Waals surface area contributed by atoms with Crippen LogP contribution >= 0.6 is 11.6 Å². The first kappa shape index (κ1) is 18.2. The van der Waals surface area contributed by atoms with Gasteiger partial charge in [-0.25, -0.2) is 4.39 Å². The lowest BCUT2D eigenvalue weighted by Crippen LogP contribution is -2.45. The van der Waals surface area contributed by atoms with Crippen LogP contribution < -0.4 is 5.32 Å². The third-order valence-corrected chi connectivity index (χ3v) is 4.78. The van der Waals surface area contributed by atoms with Crippen LogP contribution in [0.2, 0.25) is 5.02 Å². The summed E-state index contributed by atoms with van der Waals surface area (Å²) in [6, 6.07) is 4.97. The molecule has 3 nitrogen and oxygen atoms in total. The number of carbonyl (C=O) groups is 1. The van der Waals surface area contributed by atoms with E-state index in [-0.39, 0.29) is 23.7 Å². The maximum atomic E-state index is 13.9. The van der Waals surface area contributed by atoms with Crippen molar-refractivity contribution in [2.24, 2.45) is 5.92 Å². The van der Waals surface area contributed by atoms with Crippen LogP contribution in [0.1, 0.15) is 45.1 Å². The molecule has 1 saturated heterocycles. The molecule has 2 rings (SSSR count). The highest BCUT2D eigenvalue weighted by molar-refractivity contribution is 6.31. The summed E-state index contributed by atoms with van der Waals surface area (Å²) < 4.78 is 13.9. The molecule has 0 bridgehead atoms. The van der Waals surface area contributed by atoms with E-state index in [0.29, 0.717) is 23.7 Å². The van der Waals surface area contributed by atoms with Crippen molar-refractivity contribution in [1.82, 2.24) is 10.2 Å². The minimum Gasteiger partial charge on any atom is -0.353 e. The number of hydrogen-bond acceptors (Lipinski definition) is 2. The van der Waals surface area contributed by atoms with Gasteiger partial charge < -0.3 is 5.32 Å². The van der Waals surface area contributed by atoms with Gasteiger partial charge in [-0.15, -0.1) is 0 Å². The zero-order chi connectivity index (χ0) is 16.8. The van der Waals surface area contributed by atoms with Gasteiger partial charge in [-0.3, -0.25) is 9.69 Å². The molecule has 1 aliphatic heterocycles. The number of halogens is 2. The SMILES string of the molecule is CCC[C@@H](C)NC(=O)[C@@H]1CCCN(Cc2c(F)cccc2Cl)C1. The van der Waals surface area contributed by atoms with Crippen LogP contribution in [0.25, 0.3) is 0 Å². The number of amides is 1. The van der Waals surface area contributed by atoms with Crippen LogP contribution in [0.4, 0.5) is 4.39 Å². The Morgan fingerprint density at radius 2 is 2.30 bits per heavy atom. The summed E-state index contributed by atoms with van der Waals surface area (Å²) in [5, 5.41) is 3.54. The molecule has 0 aliphatic carbocycles. The fraction of sp³-hybridized carbons (Fsp3) is 0.611. The lowest BCUT2D eigenvalue weighted by Gasteiger charge is -2.32. The summed E-state index contributed by atoms with van der Waals surface area (Å²) in [5.74, 6) is -0.176. The lowest BCUT2D eigenvalue weighted by atomic mass is 9.96. The maximum Gasteiger partial charge on any atom is 0.224 e. The van der Waals surface area contributed by atoms with Gasteiger partial charge in [-0.05, 0) is 44.9 Å². The third kappa shape index (κ3) is 5.18. The fourth-order valence-electron chi connectivity index (χ4n) is 3.19. The largest absolute Gasteiger partial charge is 0.353 e. The van der Waals surface area contributed by atoms with Crippen LogP contribution in [0.5, 0.6) is 0 Å². The number of nitrogens with one attached hydrogen (secondary N) is 1. The molecule has 0 unspecified atom stereocenters. The van der Waals surface area contributed by atoms with Crippen molar-refractivity contribution in [3.63, 3.8) is 0 Å². The smallest absolute Gasteiger partial charge is 0.224 e. The summed E-state index contributed by atoms with van der Waals surface area (Å²) in [5.41, 5.74) is 0.523. The van der Waals surface area contributed by atoms with Gasteiger partial charge in [0.15, 0.2) is 0 Å². The van der Waals surface area contributed by atoms with E-state index in [2.05, 4.69) is 17.1 Å². The molecule has 5 heteroatoms. The van der Waals surface area contributed by atoms with Crippen molar-refractivity contribution >= 4 is 17.5 Å². The number of benzene rings is 1. The second-order valence-electron chi connectivity index (χ2n) is 6.47. The van der Waals surface area contributed by atoms with Crippen molar-refractivity contribution in [3.05, 3.63) is 34.6 Å². The molecule has 0 saturated carbocycles. The first-order valence-corrected chi connectivity index (χ1v) is 8.84. The van der Waals surface area contributed by atoms with Gasteiger partial charge in [0, 0.05) is 29.7 Å². The number of nitrogens with zero attached hydrogens (tertiary/aromatic N) is 1. The van der Waals surface area contributed by atoms with E-state index in [0.717, 1.165) is 32.2 Å². The maximum absolute atomic E-state index is 13.9.